The topological polar surface area (TPSA) is 49.4 Å². The molecule has 2 amide bonds. The van der Waals surface area contributed by atoms with Crippen molar-refractivity contribution in [2.75, 3.05) is 31.1 Å². The number of thioether (sulfide) groups is 2. The van der Waals surface area contributed by atoms with Crippen LogP contribution in [0.2, 0.25) is 0 Å². The molecule has 0 atom stereocenters. The Morgan fingerprint density at radius 3 is 3.10 bits per heavy atom. The Hall–Kier alpha value is -0.660. The van der Waals surface area contributed by atoms with Gasteiger partial charge in [-0.2, -0.15) is 11.8 Å². The van der Waals surface area contributed by atoms with E-state index < -0.39 is 0 Å². The Morgan fingerprint density at radius 2 is 2.40 bits per heavy atom. The second-order valence-corrected chi connectivity index (χ2v) is 7.52. The second-order valence-electron chi connectivity index (χ2n) is 4.33. The Labute approximate surface area is 131 Å². The lowest BCUT2D eigenvalue weighted by molar-refractivity contribution is -0.121. The number of nitrogens with zero attached hydrogens (tertiary/aromatic N) is 1. The highest BCUT2D eigenvalue weighted by Crippen LogP contribution is 2.17. The summed E-state index contributed by atoms with van der Waals surface area (Å²) in [5.41, 5.74) is 0. The zero-order valence-corrected chi connectivity index (χ0v) is 13.6. The summed E-state index contributed by atoms with van der Waals surface area (Å²) < 4.78 is 0. The van der Waals surface area contributed by atoms with Crippen LogP contribution in [0.1, 0.15) is 11.3 Å². The summed E-state index contributed by atoms with van der Waals surface area (Å²) in [6.07, 6.45) is 0.405. The van der Waals surface area contributed by atoms with E-state index in [-0.39, 0.29) is 11.1 Å². The molecule has 2 heterocycles. The van der Waals surface area contributed by atoms with Crippen LogP contribution in [0.25, 0.3) is 0 Å². The van der Waals surface area contributed by atoms with Gasteiger partial charge in [-0.05, 0) is 11.4 Å². The fourth-order valence-corrected chi connectivity index (χ4v) is 4.33. The van der Waals surface area contributed by atoms with Gasteiger partial charge in [-0.3, -0.25) is 9.59 Å². The summed E-state index contributed by atoms with van der Waals surface area (Å²) in [4.78, 5) is 26.1. The predicted octanol–water partition coefficient (Wildman–Crippen LogP) is 2.66. The molecule has 0 aliphatic carbocycles. The monoisotopic (exact) mass is 330 g/mol. The van der Waals surface area contributed by atoms with Crippen LogP contribution in [-0.4, -0.2) is 47.2 Å². The number of carbonyl (C=O) groups is 2. The molecule has 4 nitrogen and oxygen atoms in total. The molecule has 0 radical (unpaired) electrons. The highest BCUT2D eigenvalue weighted by Gasteiger charge is 2.21. The van der Waals surface area contributed by atoms with Crippen LogP contribution in [0.4, 0.5) is 4.79 Å². The number of hydrogen-bond donors (Lipinski definition) is 1. The fraction of sp³-hybridized carbons (Fsp3) is 0.538. The van der Waals surface area contributed by atoms with Gasteiger partial charge in [0.25, 0.3) is 5.24 Å². The molecule has 0 bridgehead atoms. The normalized spacial score (nSPS) is 14.8. The van der Waals surface area contributed by atoms with Crippen molar-refractivity contribution >= 4 is 46.0 Å². The van der Waals surface area contributed by atoms with Crippen molar-refractivity contribution in [3.63, 3.8) is 0 Å². The Balaban J connectivity index is 1.48. The minimum absolute atomic E-state index is 0.0337. The summed E-state index contributed by atoms with van der Waals surface area (Å²) in [6, 6.07) is 4.18. The van der Waals surface area contributed by atoms with Crippen LogP contribution in [-0.2, 0) is 10.5 Å². The maximum Gasteiger partial charge on any atom is 0.281 e. The summed E-state index contributed by atoms with van der Waals surface area (Å²) in [5, 5.41) is 5.08. The van der Waals surface area contributed by atoms with Gasteiger partial charge in [0.1, 0.15) is 0 Å². The quantitative estimate of drug-likeness (QED) is 0.745. The molecule has 20 heavy (non-hydrogen) atoms. The van der Waals surface area contributed by atoms with Crippen molar-refractivity contribution in [3.8, 4) is 0 Å². The average Bonchev–Trinajstić information content (AvgIpc) is 3.08. The van der Waals surface area contributed by atoms with Gasteiger partial charge in [-0.1, -0.05) is 17.8 Å². The zero-order valence-electron chi connectivity index (χ0n) is 11.2. The van der Waals surface area contributed by atoms with Crippen molar-refractivity contribution in [2.24, 2.45) is 0 Å². The molecule has 0 aromatic carbocycles. The minimum Gasteiger partial charge on any atom is -0.355 e. The summed E-state index contributed by atoms with van der Waals surface area (Å²) in [7, 11) is 0. The van der Waals surface area contributed by atoms with Gasteiger partial charge in [0, 0.05) is 48.2 Å². The number of nitrogens with one attached hydrogen (secondary N) is 1. The molecular weight excluding hydrogens is 312 g/mol. The third-order valence-electron chi connectivity index (χ3n) is 2.85. The van der Waals surface area contributed by atoms with Crippen LogP contribution < -0.4 is 5.32 Å². The van der Waals surface area contributed by atoms with Gasteiger partial charge in [0.2, 0.25) is 5.91 Å². The van der Waals surface area contributed by atoms with Crippen molar-refractivity contribution in [3.05, 3.63) is 22.4 Å². The van der Waals surface area contributed by atoms with E-state index >= 15 is 0 Å². The smallest absolute Gasteiger partial charge is 0.281 e. The lowest BCUT2D eigenvalue weighted by atomic mass is 10.3. The third kappa shape index (κ3) is 5.38. The number of rotatable bonds is 8. The van der Waals surface area contributed by atoms with Crippen LogP contribution in [0.3, 0.4) is 0 Å². The van der Waals surface area contributed by atoms with E-state index in [2.05, 4.69) is 22.8 Å². The van der Waals surface area contributed by atoms with Crippen molar-refractivity contribution in [1.82, 2.24) is 10.2 Å². The van der Waals surface area contributed by atoms with E-state index in [0.717, 1.165) is 23.8 Å². The highest BCUT2D eigenvalue weighted by molar-refractivity contribution is 8.13. The first-order chi connectivity index (χ1) is 9.75. The SMILES string of the molecule is O=C(CCN1CCSC1=O)NCCSCc1cccs1. The molecule has 110 valence electrons. The van der Waals surface area contributed by atoms with Crippen LogP contribution in [0.5, 0.6) is 0 Å². The number of amides is 2. The molecule has 1 saturated heterocycles. The summed E-state index contributed by atoms with van der Waals surface area (Å²) in [6.45, 7) is 2.00. The molecule has 0 saturated carbocycles. The fourth-order valence-electron chi connectivity index (χ4n) is 1.78. The van der Waals surface area contributed by atoms with Crippen LogP contribution >= 0.6 is 34.9 Å². The summed E-state index contributed by atoms with van der Waals surface area (Å²) in [5.74, 6) is 2.81. The molecular formula is C13H18N2O2S3. The van der Waals surface area contributed by atoms with Gasteiger partial charge < -0.3 is 10.2 Å². The van der Waals surface area contributed by atoms with E-state index in [9.17, 15) is 9.59 Å². The summed E-state index contributed by atoms with van der Waals surface area (Å²) >= 11 is 4.92. The minimum atomic E-state index is 0.0337. The lowest BCUT2D eigenvalue weighted by Gasteiger charge is -2.13. The standard InChI is InChI=1S/C13H18N2O2S3/c16-12(3-5-15-6-9-20-13(15)17)14-4-8-18-10-11-2-1-7-19-11/h1-2,7H,3-6,8-10H2,(H,14,16). The Kier molecular flexibility index (Phi) is 6.75. The molecule has 2 rings (SSSR count). The van der Waals surface area contributed by atoms with Gasteiger partial charge in [0.15, 0.2) is 0 Å². The molecule has 1 fully saturated rings. The lowest BCUT2D eigenvalue weighted by Crippen LogP contribution is -2.31. The predicted molar refractivity (Wildman–Crippen MR) is 87.5 cm³/mol. The average molecular weight is 330 g/mol. The first-order valence-corrected chi connectivity index (χ1v) is 9.56. The van der Waals surface area contributed by atoms with E-state index in [1.54, 1.807) is 16.2 Å². The van der Waals surface area contributed by atoms with E-state index in [1.807, 2.05) is 11.8 Å². The molecule has 1 aromatic rings. The maximum atomic E-state index is 11.6. The van der Waals surface area contributed by atoms with Crippen molar-refractivity contribution in [2.45, 2.75) is 12.2 Å². The van der Waals surface area contributed by atoms with Crippen molar-refractivity contribution in [1.29, 1.82) is 0 Å². The highest BCUT2D eigenvalue weighted by atomic mass is 32.2. The zero-order chi connectivity index (χ0) is 14.2. The Morgan fingerprint density at radius 1 is 1.50 bits per heavy atom. The number of thiophene rings is 1. The van der Waals surface area contributed by atoms with Gasteiger partial charge >= 0.3 is 0 Å². The molecule has 0 spiro atoms. The maximum absolute atomic E-state index is 11.6. The van der Waals surface area contributed by atoms with Gasteiger partial charge in [-0.25, -0.2) is 0 Å². The van der Waals surface area contributed by atoms with Crippen molar-refractivity contribution < 1.29 is 9.59 Å². The first kappa shape index (κ1) is 15.7. The first-order valence-electron chi connectivity index (χ1n) is 6.54. The molecule has 1 aliphatic rings. The molecule has 7 heteroatoms. The number of hydrogen-bond acceptors (Lipinski definition) is 5. The van der Waals surface area contributed by atoms with Gasteiger partial charge in [0.05, 0.1) is 0 Å². The largest absolute Gasteiger partial charge is 0.355 e. The molecule has 1 N–H and O–H groups in total. The third-order valence-corrected chi connectivity index (χ3v) is 5.81. The molecule has 0 unspecified atom stereocenters. The van der Waals surface area contributed by atoms with E-state index in [0.29, 0.717) is 19.5 Å². The molecule has 1 aliphatic heterocycles. The van der Waals surface area contributed by atoms with Crippen LogP contribution in [0, 0.1) is 0 Å². The van der Waals surface area contributed by atoms with E-state index in [4.69, 9.17) is 0 Å². The van der Waals surface area contributed by atoms with Gasteiger partial charge in [-0.15, -0.1) is 11.3 Å². The van der Waals surface area contributed by atoms with Crippen LogP contribution in [0.15, 0.2) is 17.5 Å². The van der Waals surface area contributed by atoms with E-state index in [1.165, 1.54) is 16.6 Å². The molecule has 1 aromatic heterocycles. The second kappa shape index (κ2) is 8.59. The Bertz CT molecular complexity index is 437. The number of carbonyl (C=O) groups excluding carboxylic acids is 2.